The average Bonchev–Trinajstić information content (AvgIpc) is 2.95. The van der Waals surface area contributed by atoms with Gasteiger partial charge in [0.15, 0.2) is 0 Å². The fourth-order valence-corrected chi connectivity index (χ4v) is 3.54. The van der Waals surface area contributed by atoms with Crippen LogP contribution in [0.15, 0.2) is 55.1 Å². The van der Waals surface area contributed by atoms with Gasteiger partial charge in [0.05, 0.1) is 13.2 Å². The van der Waals surface area contributed by atoms with Crippen LogP contribution in [0.1, 0.15) is 96.8 Å². The Balaban J connectivity index is 0.00000113. The summed E-state index contributed by atoms with van der Waals surface area (Å²) in [7, 11) is 0. The highest BCUT2D eigenvalue weighted by Crippen LogP contribution is 2.11. The van der Waals surface area contributed by atoms with Crippen LogP contribution in [-0.2, 0) is 14.5 Å². The number of hydrogen-bond acceptors (Lipinski definition) is 6. The van der Waals surface area contributed by atoms with E-state index in [2.05, 4.69) is 25.7 Å². The molecule has 0 aliphatic heterocycles. The van der Waals surface area contributed by atoms with Crippen LogP contribution < -0.4 is 4.74 Å². The summed E-state index contributed by atoms with van der Waals surface area (Å²) in [6.07, 6.45) is 22.5. The molecule has 38 heavy (non-hydrogen) atoms. The number of para-hydroxylation sites is 1. The Bertz CT molecular complexity index is 660. The molecule has 1 aromatic rings. The van der Waals surface area contributed by atoms with E-state index >= 15 is 0 Å². The fourth-order valence-electron chi connectivity index (χ4n) is 3.54. The Hall–Kier alpha value is -2.19. The number of ether oxygens (including phenoxy) is 1. The van der Waals surface area contributed by atoms with Crippen molar-refractivity contribution < 1.29 is 29.4 Å². The van der Waals surface area contributed by atoms with Gasteiger partial charge in [0, 0.05) is 6.42 Å². The summed E-state index contributed by atoms with van der Waals surface area (Å²) >= 11 is 0. The van der Waals surface area contributed by atoms with Gasteiger partial charge in [0.1, 0.15) is 25.6 Å². The van der Waals surface area contributed by atoms with E-state index in [1.54, 1.807) is 6.08 Å². The summed E-state index contributed by atoms with van der Waals surface area (Å²) in [5, 5.41) is 18.3. The normalized spacial score (nSPS) is 10.7. The molecule has 0 fully saturated rings. The molecular weight excluding hydrogens is 482 g/mol. The van der Waals surface area contributed by atoms with Crippen LogP contribution in [-0.4, -0.2) is 54.4 Å². The summed E-state index contributed by atoms with van der Waals surface area (Å²) in [6, 6.07) is 9.69. The number of carbonyl (C=O) groups is 1. The van der Waals surface area contributed by atoms with E-state index in [9.17, 15) is 4.79 Å². The van der Waals surface area contributed by atoms with E-state index in [4.69, 9.17) is 24.6 Å². The minimum atomic E-state index is -0.278. The summed E-state index contributed by atoms with van der Waals surface area (Å²) < 4.78 is 5.24. The zero-order valence-corrected chi connectivity index (χ0v) is 23.7. The number of amides is 1. The average molecular weight is 536 g/mol. The number of aliphatic hydroxyl groups excluding tert-OH is 2. The number of carbonyl (C=O) groups excluding carboxylic acids is 1. The van der Waals surface area contributed by atoms with E-state index in [-0.39, 0.29) is 32.3 Å². The molecule has 0 radical (unpaired) electrons. The van der Waals surface area contributed by atoms with Crippen molar-refractivity contribution in [1.29, 1.82) is 0 Å². The second-order valence-corrected chi connectivity index (χ2v) is 9.01. The maximum Gasteiger partial charge on any atom is 0.273 e. The highest BCUT2D eigenvalue weighted by atomic mass is 17.0. The SMILES string of the molecule is C=CCOc1ccccc1.CCCCCCCC/C=C\CCCCCCCC(=O)N(OCCO)OCCO. The van der Waals surface area contributed by atoms with E-state index < -0.39 is 0 Å². The number of hydrogen-bond donors (Lipinski definition) is 2. The number of rotatable bonds is 24. The molecule has 0 atom stereocenters. The molecule has 0 bridgehead atoms. The number of benzene rings is 1. The molecule has 1 rings (SSSR count). The van der Waals surface area contributed by atoms with Gasteiger partial charge in [-0.25, -0.2) is 9.68 Å². The van der Waals surface area contributed by atoms with Crippen LogP contribution in [0.3, 0.4) is 0 Å². The Morgan fingerprint density at radius 2 is 1.34 bits per heavy atom. The van der Waals surface area contributed by atoms with Crippen LogP contribution in [0.25, 0.3) is 0 Å². The summed E-state index contributed by atoms with van der Waals surface area (Å²) in [5.74, 6) is 0.613. The summed E-state index contributed by atoms with van der Waals surface area (Å²) in [5.41, 5.74) is 0. The first-order valence-corrected chi connectivity index (χ1v) is 14.4. The van der Waals surface area contributed by atoms with Crippen molar-refractivity contribution in [2.24, 2.45) is 0 Å². The van der Waals surface area contributed by atoms with E-state index in [0.29, 0.717) is 13.0 Å². The second kappa shape index (κ2) is 29.4. The lowest BCUT2D eigenvalue weighted by Crippen LogP contribution is -2.33. The van der Waals surface area contributed by atoms with Gasteiger partial charge in [-0.2, -0.15) is 0 Å². The molecule has 0 spiro atoms. The number of allylic oxidation sites excluding steroid dienone is 2. The molecule has 0 aliphatic rings. The highest BCUT2D eigenvalue weighted by molar-refractivity contribution is 5.73. The Morgan fingerprint density at radius 3 is 1.87 bits per heavy atom. The quantitative estimate of drug-likeness (QED) is 0.0846. The van der Waals surface area contributed by atoms with Crippen LogP contribution in [0.5, 0.6) is 5.75 Å². The van der Waals surface area contributed by atoms with Gasteiger partial charge in [-0.15, -0.1) is 0 Å². The lowest BCUT2D eigenvalue weighted by molar-refractivity contribution is -0.345. The Morgan fingerprint density at radius 1 is 0.816 bits per heavy atom. The van der Waals surface area contributed by atoms with Crippen molar-refractivity contribution in [3.05, 3.63) is 55.1 Å². The van der Waals surface area contributed by atoms with Gasteiger partial charge in [-0.05, 0) is 44.2 Å². The molecule has 7 heteroatoms. The molecule has 7 nitrogen and oxygen atoms in total. The molecule has 0 heterocycles. The second-order valence-electron chi connectivity index (χ2n) is 9.01. The predicted octanol–water partition coefficient (Wildman–Crippen LogP) is 6.95. The third-order valence-electron chi connectivity index (χ3n) is 5.57. The minimum absolute atomic E-state index is 0.0104. The predicted molar refractivity (Wildman–Crippen MR) is 155 cm³/mol. The largest absolute Gasteiger partial charge is 0.490 e. The number of unbranched alkanes of at least 4 members (excludes halogenated alkanes) is 11. The topological polar surface area (TPSA) is 88.5 Å². The third kappa shape index (κ3) is 24.2. The van der Waals surface area contributed by atoms with Crippen molar-refractivity contribution >= 4 is 5.91 Å². The van der Waals surface area contributed by atoms with Gasteiger partial charge in [-0.3, -0.25) is 4.79 Å². The molecule has 0 unspecified atom stereocenters. The maximum atomic E-state index is 12.0. The summed E-state index contributed by atoms with van der Waals surface area (Å²) in [4.78, 5) is 22.0. The van der Waals surface area contributed by atoms with E-state index in [1.165, 1.54) is 57.8 Å². The van der Waals surface area contributed by atoms with Gasteiger partial charge in [-0.1, -0.05) is 107 Å². The first kappa shape index (κ1) is 35.8. The molecule has 0 aliphatic carbocycles. The Kier molecular flexibility index (Phi) is 27.7. The molecule has 2 N–H and O–H groups in total. The Labute approximate surface area is 231 Å². The van der Waals surface area contributed by atoms with Gasteiger partial charge in [0.2, 0.25) is 0 Å². The molecule has 1 aromatic carbocycles. The first-order chi connectivity index (χ1) is 18.7. The number of nitrogens with zero attached hydrogens (tertiary/aromatic N) is 1. The molecule has 0 saturated carbocycles. The number of aliphatic hydroxyl groups is 2. The molecule has 0 saturated heterocycles. The van der Waals surface area contributed by atoms with Crippen molar-refractivity contribution in [2.75, 3.05) is 33.0 Å². The molecule has 0 aromatic heterocycles. The molecule has 1 amide bonds. The van der Waals surface area contributed by atoms with Crippen LogP contribution >= 0.6 is 0 Å². The van der Waals surface area contributed by atoms with Crippen molar-refractivity contribution in [1.82, 2.24) is 5.23 Å². The van der Waals surface area contributed by atoms with Crippen molar-refractivity contribution in [3.63, 3.8) is 0 Å². The molecular formula is C31H53NO6. The van der Waals surface area contributed by atoms with Gasteiger partial charge in [0.25, 0.3) is 5.91 Å². The van der Waals surface area contributed by atoms with E-state index in [1.807, 2.05) is 30.3 Å². The first-order valence-electron chi connectivity index (χ1n) is 14.4. The monoisotopic (exact) mass is 535 g/mol. The van der Waals surface area contributed by atoms with Crippen LogP contribution in [0.4, 0.5) is 0 Å². The minimum Gasteiger partial charge on any atom is -0.490 e. The van der Waals surface area contributed by atoms with Crippen molar-refractivity contribution in [3.8, 4) is 5.75 Å². The van der Waals surface area contributed by atoms with Crippen molar-refractivity contribution in [2.45, 2.75) is 96.8 Å². The zero-order chi connectivity index (χ0) is 27.9. The zero-order valence-electron chi connectivity index (χ0n) is 23.7. The van der Waals surface area contributed by atoms with E-state index in [0.717, 1.165) is 36.7 Å². The standard InChI is InChI=1S/C22H43NO5.C9H10O/c1-2-3-4-5-6-7-8-9-10-11-12-13-14-15-16-17-22(26)23(27-20-18-24)28-21-19-25;1-2-8-10-9-6-4-3-5-7-9/h9-10,24-25H,2-8,11-21H2,1H3;2-7H,1,8H2/b10-9-;. The number of hydroxylamine groups is 2. The van der Waals surface area contributed by atoms with Gasteiger partial charge >= 0.3 is 0 Å². The maximum absolute atomic E-state index is 12.0. The van der Waals surface area contributed by atoms with Crippen LogP contribution in [0, 0.1) is 0 Å². The smallest absolute Gasteiger partial charge is 0.273 e. The van der Waals surface area contributed by atoms with Crippen LogP contribution in [0.2, 0.25) is 0 Å². The lowest BCUT2D eigenvalue weighted by atomic mass is 10.1. The lowest BCUT2D eigenvalue weighted by Gasteiger charge is -2.19. The summed E-state index contributed by atoms with van der Waals surface area (Å²) in [6.45, 7) is 5.97. The highest BCUT2D eigenvalue weighted by Gasteiger charge is 2.15. The third-order valence-corrected chi connectivity index (χ3v) is 5.57. The van der Waals surface area contributed by atoms with Gasteiger partial charge < -0.3 is 14.9 Å². The fraction of sp³-hybridized carbons (Fsp3) is 0.645. The molecule has 218 valence electrons.